The standard InChI is InChI=1S/C8H14N6/c1-3-12(4-2)13-6-5-7-8(9)10-11-14(7)13/h5-6H,3-4,9H2,1-2H3. The SMILES string of the molecule is CCN(CC)n1ccc2c(N)nnn21. The lowest BCUT2D eigenvalue weighted by Crippen LogP contribution is -2.36. The van der Waals surface area contributed by atoms with Gasteiger partial charge in [-0.3, -0.25) is 5.01 Å². The van der Waals surface area contributed by atoms with Crippen LogP contribution in [-0.4, -0.2) is 32.8 Å². The number of hydrogen-bond acceptors (Lipinski definition) is 4. The lowest BCUT2D eigenvalue weighted by atomic mass is 10.5. The quantitative estimate of drug-likeness (QED) is 0.752. The smallest absolute Gasteiger partial charge is 0.175 e. The lowest BCUT2D eigenvalue weighted by molar-refractivity contribution is 0.489. The Hall–Kier alpha value is -1.72. The number of nitrogens with two attached hydrogens (primary N) is 1. The van der Waals surface area contributed by atoms with Crippen LogP contribution in [0.5, 0.6) is 0 Å². The van der Waals surface area contributed by atoms with E-state index in [0.717, 1.165) is 18.6 Å². The van der Waals surface area contributed by atoms with E-state index in [1.165, 1.54) is 0 Å². The highest BCUT2D eigenvalue weighted by Gasteiger charge is 2.09. The van der Waals surface area contributed by atoms with Crippen molar-refractivity contribution in [2.75, 3.05) is 23.8 Å². The summed E-state index contributed by atoms with van der Waals surface area (Å²) in [6.07, 6.45) is 1.94. The van der Waals surface area contributed by atoms with E-state index in [2.05, 4.69) is 29.2 Å². The van der Waals surface area contributed by atoms with Gasteiger partial charge < -0.3 is 5.73 Å². The fourth-order valence-electron chi connectivity index (χ4n) is 1.52. The van der Waals surface area contributed by atoms with Crippen molar-refractivity contribution in [3.05, 3.63) is 12.3 Å². The molecule has 2 aromatic rings. The largest absolute Gasteiger partial charge is 0.380 e. The molecule has 0 atom stereocenters. The number of rotatable bonds is 3. The molecule has 0 amide bonds. The molecule has 0 saturated carbocycles. The zero-order valence-electron chi connectivity index (χ0n) is 8.38. The van der Waals surface area contributed by atoms with E-state index < -0.39 is 0 Å². The maximum atomic E-state index is 5.65. The molecule has 6 nitrogen and oxygen atoms in total. The van der Waals surface area contributed by atoms with Crippen molar-refractivity contribution < 1.29 is 0 Å². The van der Waals surface area contributed by atoms with Crippen LogP contribution >= 0.6 is 0 Å². The molecule has 0 radical (unpaired) electrons. The Morgan fingerprint density at radius 1 is 1.43 bits per heavy atom. The van der Waals surface area contributed by atoms with Gasteiger partial charge in [0.25, 0.3) is 0 Å². The Bertz CT molecular complexity index is 424. The molecular weight excluding hydrogens is 180 g/mol. The Labute approximate surface area is 81.8 Å². The number of hydrogen-bond donors (Lipinski definition) is 1. The first kappa shape index (κ1) is 8.86. The van der Waals surface area contributed by atoms with Gasteiger partial charge in [0, 0.05) is 19.3 Å². The molecule has 0 aliphatic heterocycles. The van der Waals surface area contributed by atoms with Crippen LogP contribution in [-0.2, 0) is 0 Å². The minimum atomic E-state index is 0.468. The predicted molar refractivity (Wildman–Crippen MR) is 54.7 cm³/mol. The van der Waals surface area contributed by atoms with Crippen LogP contribution < -0.4 is 10.7 Å². The third-order valence-corrected chi connectivity index (χ3v) is 2.29. The number of nitrogen functional groups attached to an aromatic ring is 1. The summed E-state index contributed by atoms with van der Waals surface area (Å²) in [6.45, 7) is 6.02. The first-order valence-electron chi connectivity index (χ1n) is 4.71. The fraction of sp³-hybridized carbons (Fsp3) is 0.500. The van der Waals surface area contributed by atoms with Crippen molar-refractivity contribution in [2.24, 2.45) is 0 Å². The van der Waals surface area contributed by atoms with Gasteiger partial charge in [0.1, 0.15) is 5.52 Å². The minimum absolute atomic E-state index is 0.468. The van der Waals surface area contributed by atoms with Crippen LogP contribution in [0.25, 0.3) is 5.52 Å². The third kappa shape index (κ3) is 1.11. The van der Waals surface area contributed by atoms with Crippen molar-refractivity contribution >= 4 is 11.3 Å². The zero-order chi connectivity index (χ0) is 10.1. The maximum absolute atomic E-state index is 5.65. The summed E-state index contributed by atoms with van der Waals surface area (Å²) in [5.41, 5.74) is 6.49. The van der Waals surface area contributed by atoms with Crippen molar-refractivity contribution in [1.29, 1.82) is 0 Å². The zero-order valence-corrected chi connectivity index (χ0v) is 8.38. The van der Waals surface area contributed by atoms with Crippen LogP contribution in [0, 0.1) is 0 Å². The molecule has 76 valence electrons. The van der Waals surface area contributed by atoms with Crippen LogP contribution in [0.4, 0.5) is 5.82 Å². The summed E-state index contributed by atoms with van der Waals surface area (Å²) in [7, 11) is 0. The van der Waals surface area contributed by atoms with Crippen LogP contribution in [0.3, 0.4) is 0 Å². The van der Waals surface area contributed by atoms with E-state index in [4.69, 9.17) is 5.73 Å². The van der Waals surface area contributed by atoms with Gasteiger partial charge in [0.2, 0.25) is 0 Å². The molecule has 0 fully saturated rings. The molecule has 0 spiro atoms. The minimum Gasteiger partial charge on any atom is -0.380 e. The summed E-state index contributed by atoms with van der Waals surface area (Å²) in [6, 6.07) is 1.91. The van der Waals surface area contributed by atoms with Gasteiger partial charge in [-0.25, -0.2) is 0 Å². The normalized spacial score (nSPS) is 11.0. The topological polar surface area (TPSA) is 64.4 Å². The summed E-state index contributed by atoms with van der Waals surface area (Å²) < 4.78 is 1.70. The Balaban J connectivity index is 2.51. The second-order valence-electron chi connectivity index (χ2n) is 3.02. The van der Waals surface area contributed by atoms with Crippen LogP contribution in [0.1, 0.15) is 13.8 Å². The van der Waals surface area contributed by atoms with Crippen LogP contribution in [0.2, 0.25) is 0 Å². The predicted octanol–water partition coefficient (Wildman–Crippen LogP) is 0.0908. The monoisotopic (exact) mass is 194 g/mol. The summed E-state index contributed by atoms with van der Waals surface area (Å²) in [4.78, 5) is 1.92. The summed E-state index contributed by atoms with van der Waals surface area (Å²) in [5, 5.41) is 9.89. The summed E-state index contributed by atoms with van der Waals surface area (Å²) >= 11 is 0. The Morgan fingerprint density at radius 2 is 2.14 bits per heavy atom. The average molecular weight is 194 g/mol. The highest BCUT2D eigenvalue weighted by atomic mass is 15.8. The molecule has 2 aromatic heterocycles. The molecule has 0 aliphatic carbocycles. The molecule has 14 heavy (non-hydrogen) atoms. The molecular formula is C8H14N6. The van der Waals surface area contributed by atoms with E-state index in [1.54, 1.807) is 4.63 Å². The number of anilines is 1. The van der Waals surface area contributed by atoms with Crippen molar-refractivity contribution in [2.45, 2.75) is 13.8 Å². The number of aromatic nitrogens is 4. The molecule has 2 N–H and O–H groups in total. The van der Waals surface area contributed by atoms with Gasteiger partial charge in [0.15, 0.2) is 5.82 Å². The second kappa shape index (κ2) is 3.21. The fourth-order valence-corrected chi connectivity index (χ4v) is 1.52. The first-order chi connectivity index (χ1) is 6.77. The van der Waals surface area contributed by atoms with Gasteiger partial charge >= 0.3 is 0 Å². The first-order valence-corrected chi connectivity index (χ1v) is 4.71. The van der Waals surface area contributed by atoms with E-state index in [9.17, 15) is 0 Å². The molecule has 0 saturated heterocycles. The Kier molecular flexibility index (Phi) is 2.03. The van der Waals surface area contributed by atoms with Gasteiger partial charge in [-0.2, -0.15) is 4.79 Å². The molecule has 6 heteroatoms. The molecule has 2 heterocycles. The highest BCUT2D eigenvalue weighted by Crippen LogP contribution is 2.09. The molecule has 0 aromatic carbocycles. The van der Waals surface area contributed by atoms with Crippen molar-refractivity contribution in [1.82, 2.24) is 19.7 Å². The van der Waals surface area contributed by atoms with E-state index >= 15 is 0 Å². The molecule has 0 unspecified atom stereocenters. The lowest BCUT2D eigenvalue weighted by Gasteiger charge is -2.21. The van der Waals surface area contributed by atoms with Gasteiger partial charge in [-0.05, 0) is 25.1 Å². The number of fused-ring (bicyclic) bond motifs is 1. The molecule has 2 rings (SSSR count). The van der Waals surface area contributed by atoms with Gasteiger partial charge in [-0.1, -0.05) is 0 Å². The van der Waals surface area contributed by atoms with Gasteiger partial charge in [0.05, 0.1) is 0 Å². The number of nitrogens with zero attached hydrogens (tertiary/aromatic N) is 5. The van der Waals surface area contributed by atoms with Crippen LogP contribution in [0.15, 0.2) is 12.3 Å². The van der Waals surface area contributed by atoms with E-state index in [0.29, 0.717) is 5.82 Å². The summed E-state index contributed by atoms with van der Waals surface area (Å²) in [5.74, 6) is 0.468. The maximum Gasteiger partial charge on any atom is 0.175 e. The van der Waals surface area contributed by atoms with E-state index in [-0.39, 0.29) is 0 Å². The molecule has 0 aliphatic rings. The highest BCUT2D eigenvalue weighted by molar-refractivity contribution is 5.63. The Morgan fingerprint density at radius 3 is 2.79 bits per heavy atom. The van der Waals surface area contributed by atoms with Gasteiger partial charge in [-0.15, -0.1) is 9.73 Å². The van der Waals surface area contributed by atoms with Crippen molar-refractivity contribution in [3.8, 4) is 0 Å². The second-order valence-corrected chi connectivity index (χ2v) is 3.02. The van der Waals surface area contributed by atoms with Crippen molar-refractivity contribution in [3.63, 3.8) is 0 Å². The average Bonchev–Trinajstić information content (AvgIpc) is 2.74. The van der Waals surface area contributed by atoms with E-state index in [1.807, 2.05) is 17.1 Å². The third-order valence-electron chi connectivity index (χ3n) is 2.29. The molecule has 0 bridgehead atoms.